The van der Waals surface area contributed by atoms with Crippen LogP contribution in [0.2, 0.25) is 0 Å². The van der Waals surface area contributed by atoms with Crippen LogP contribution in [-0.2, 0) is 9.53 Å². The summed E-state index contributed by atoms with van der Waals surface area (Å²) in [6.07, 6.45) is -0.715. The fraction of sp³-hybridized carbons (Fsp3) is 0.458. The van der Waals surface area contributed by atoms with Crippen LogP contribution in [0.3, 0.4) is 0 Å². The van der Waals surface area contributed by atoms with Gasteiger partial charge < -0.3 is 33.9 Å². The van der Waals surface area contributed by atoms with Crippen LogP contribution in [0.15, 0.2) is 36.4 Å². The Morgan fingerprint density at radius 1 is 1.03 bits per heavy atom. The Morgan fingerprint density at radius 2 is 1.66 bits per heavy atom. The van der Waals surface area contributed by atoms with Gasteiger partial charge in [0.25, 0.3) is 5.91 Å². The summed E-state index contributed by atoms with van der Waals surface area (Å²) in [6.45, 7) is 9.38. The predicted octanol–water partition coefficient (Wildman–Crippen LogP) is 3.74. The maximum absolute atomic E-state index is 12.9. The molecule has 0 aromatic heterocycles. The van der Waals surface area contributed by atoms with Crippen molar-refractivity contribution >= 4 is 17.3 Å². The van der Waals surface area contributed by atoms with Crippen LogP contribution in [0.5, 0.6) is 23.0 Å². The first-order valence-corrected chi connectivity index (χ1v) is 10.9. The molecule has 2 aromatic rings. The molecular weight excluding hydrogens is 412 g/mol. The Bertz CT molecular complexity index is 881. The Labute approximate surface area is 189 Å². The zero-order valence-electron chi connectivity index (χ0n) is 19.2. The third-order valence-corrected chi connectivity index (χ3v) is 5.01. The van der Waals surface area contributed by atoms with Gasteiger partial charge in [-0.1, -0.05) is 0 Å². The van der Waals surface area contributed by atoms with E-state index in [1.165, 1.54) is 0 Å². The number of benzene rings is 2. The molecule has 0 bridgehead atoms. The smallest absolute Gasteiger partial charge is 0.265 e. The van der Waals surface area contributed by atoms with Crippen LogP contribution in [0, 0.1) is 0 Å². The second kappa shape index (κ2) is 11.5. The number of amides is 1. The lowest BCUT2D eigenvalue weighted by atomic mass is 10.2. The van der Waals surface area contributed by atoms with E-state index in [-0.39, 0.29) is 5.91 Å². The summed E-state index contributed by atoms with van der Waals surface area (Å²) in [6, 6.07) is 10.8. The van der Waals surface area contributed by atoms with Crippen LogP contribution in [0.1, 0.15) is 20.8 Å². The fourth-order valence-electron chi connectivity index (χ4n) is 3.39. The number of ether oxygens (including phenoxy) is 5. The van der Waals surface area contributed by atoms with E-state index in [0.717, 1.165) is 24.5 Å². The minimum Gasteiger partial charge on any atom is -0.497 e. The summed E-state index contributed by atoms with van der Waals surface area (Å²) < 4.78 is 28.1. The molecule has 1 aliphatic rings. The molecule has 1 amide bonds. The summed E-state index contributed by atoms with van der Waals surface area (Å²) in [5.41, 5.74) is 1.47. The molecule has 1 atom stereocenters. The van der Waals surface area contributed by atoms with Crippen LogP contribution < -0.4 is 29.2 Å². The number of carbonyl (C=O) groups excluding carboxylic acids is 1. The van der Waals surface area contributed by atoms with Gasteiger partial charge >= 0.3 is 0 Å². The molecule has 32 heavy (non-hydrogen) atoms. The molecule has 2 aromatic carbocycles. The molecule has 1 heterocycles. The van der Waals surface area contributed by atoms with E-state index >= 15 is 0 Å². The average Bonchev–Trinajstić information content (AvgIpc) is 2.82. The lowest BCUT2D eigenvalue weighted by Crippen LogP contribution is -2.36. The van der Waals surface area contributed by atoms with Gasteiger partial charge in [0.1, 0.15) is 23.0 Å². The third kappa shape index (κ3) is 5.97. The summed E-state index contributed by atoms with van der Waals surface area (Å²) >= 11 is 0. The summed E-state index contributed by atoms with van der Waals surface area (Å²) in [5.74, 6) is 2.29. The highest BCUT2D eigenvalue weighted by atomic mass is 16.5. The standard InChI is InChI=1S/C24H32N2O6/c1-5-30-22-16-21(26-11-13-29-14-12-26)23(31-6-2)15-20(22)25-24(27)17(3)32-19-9-7-18(28-4)8-10-19/h7-10,15-17H,5-6,11-14H2,1-4H3,(H,25,27)/t17-/m0/s1. The maximum atomic E-state index is 12.9. The molecule has 1 N–H and O–H groups in total. The van der Waals surface area contributed by atoms with Gasteiger partial charge in [-0.2, -0.15) is 0 Å². The first-order valence-electron chi connectivity index (χ1n) is 10.9. The quantitative estimate of drug-likeness (QED) is 0.598. The van der Waals surface area contributed by atoms with E-state index in [1.54, 1.807) is 38.3 Å². The van der Waals surface area contributed by atoms with E-state index in [1.807, 2.05) is 26.0 Å². The topological polar surface area (TPSA) is 78.5 Å². The third-order valence-electron chi connectivity index (χ3n) is 5.01. The predicted molar refractivity (Wildman–Crippen MR) is 124 cm³/mol. The van der Waals surface area contributed by atoms with Crippen molar-refractivity contribution in [1.29, 1.82) is 0 Å². The Balaban J connectivity index is 1.79. The van der Waals surface area contributed by atoms with E-state index < -0.39 is 6.10 Å². The second-order valence-corrected chi connectivity index (χ2v) is 7.21. The fourth-order valence-corrected chi connectivity index (χ4v) is 3.39. The number of rotatable bonds is 10. The van der Waals surface area contributed by atoms with E-state index in [2.05, 4.69) is 10.2 Å². The number of nitrogens with zero attached hydrogens (tertiary/aromatic N) is 1. The number of hydrogen-bond acceptors (Lipinski definition) is 7. The molecule has 8 heteroatoms. The Kier molecular flexibility index (Phi) is 8.44. The van der Waals surface area contributed by atoms with Gasteiger partial charge in [-0.25, -0.2) is 0 Å². The lowest BCUT2D eigenvalue weighted by Gasteiger charge is -2.31. The molecule has 174 valence electrons. The minimum absolute atomic E-state index is 0.289. The first-order chi connectivity index (χ1) is 15.5. The van der Waals surface area contributed by atoms with Crippen molar-refractivity contribution in [3.05, 3.63) is 36.4 Å². The SMILES string of the molecule is CCOc1cc(N2CCOCC2)c(OCC)cc1NC(=O)[C@H](C)Oc1ccc(OC)cc1. The monoisotopic (exact) mass is 444 g/mol. The molecule has 0 spiro atoms. The zero-order valence-corrected chi connectivity index (χ0v) is 19.2. The number of methoxy groups -OCH3 is 1. The highest BCUT2D eigenvalue weighted by molar-refractivity contribution is 5.96. The van der Waals surface area contributed by atoms with Crippen molar-refractivity contribution in [2.24, 2.45) is 0 Å². The number of anilines is 2. The van der Waals surface area contributed by atoms with E-state index in [4.69, 9.17) is 23.7 Å². The molecule has 8 nitrogen and oxygen atoms in total. The van der Waals surface area contributed by atoms with Gasteiger partial charge in [0.2, 0.25) is 0 Å². The maximum Gasteiger partial charge on any atom is 0.265 e. The Hall–Kier alpha value is -3.13. The van der Waals surface area contributed by atoms with Crippen molar-refractivity contribution in [3.8, 4) is 23.0 Å². The molecule has 0 aliphatic carbocycles. The summed E-state index contributed by atoms with van der Waals surface area (Å²) in [5, 5.41) is 2.93. The molecule has 0 saturated carbocycles. The van der Waals surface area contributed by atoms with Gasteiger partial charge in [-0.15, -0.1) is 0 Å². The van der Waals surface area contributed by atoms with Crippen molar-refractivity contribution in [3.63, 3.8) is 0 Å². The van der Waals surface area contributed by atoms with Gasteiger partial charge in [0.05, 0.1) is 44.9 Å². The van der Waals surface area contributed by atoms with Crippen LogP contribution in [0.4, 0.5) is 11.4 Å². The van der Waals surface area contributed by atoms with Crippen LogP contribution >= 0.6 is 0 Å². The molecule has 0 unspecified atom stereocenters. The first kappa shape index (κ1) is 23.5. The van der Waals surface area contributed by atoms with Gasteiger partial charge in [-0.05, 0) is 45.0 Å². The molecule has 1 fully saturated rings. The molecule has 0 radical (unpaired) electrons. The van der Waals surface area contributed by atoms with Gasteiger partial charge in [-0.3, -0.25) is 4.79 Å². The second-order valence-electron chi connectivity index (χ2n) is 7.21. The minimum atomic E-state index is -0.715. The highest BCUT2D eigenvalue weighted by Gasteiger charge is 2.22. The molecular formula is C24H32N2O6. The lowest BCUT2D eigenvalue weighted by molar-refractivity contribution is -0.122. The van der Waals surface area contributed by atoms with Crippen LogP contribution in [0.25, 0.3) is 0 Å². The van der Waals surface area contributed by atoms with E-state index in [0.29, 0.717) is 49.4 Å². The molecule has 1 saturated heterocycles. The van der Waals surface area contributed by atoms with E-state index in [9.17, 15) is 4.79 Å². The zero-order chi connectivity index (χ0) is 22.9. The number of nitrogens with one attached hydrogen (secondary N) is 1. The molecule has 3 rings (SSSR count). The Morgan fingerprint density at radius 3 is 2.28 bits per heavy atom. The normalized spacial score (nSPS) is 14.4. The van der Waals surface area contributed by atoms with Crippen molar-refractivity contribution in [1.82, 2.24) is 0 Å². The van der Waals surface area contributed by atoms with Gasteiger partial charge in [0, 0.05) is 25.2 Å². The average molecular weight is 445 g/mol. The molecule has 1 aliphatic heterocycles. The van der Waals surface area contributed by atoms with Crippen molar-refractivity contribution in [2.75, 3.05) is 56.8 Å². The number of hydrogen-bond donors (Lipinski definition) is 1. The number of morpholine rings is 1. The van der Waals surface area contributed by atoms with Crippen LogP contribution in [-0.4, -0.2) is 58.6 Å². The van der Waals surface area contributed by atoms with Gasteiger partial charge in [0.15, 0.2) is 6.10 Å². The summed E-state index contributed by atoms with van der Waals surface area (Å²) in [7, 11) is 1.60. The number of carbonyl (C=O) groups is 1. The largest absolute Gasteiger partial charge is 0.497 e. The van der Waals surface area contributed by atoms with Crippen molar-refractivity contribution < 1.29 is 28.5 Å². The highest BCUT2D eigenvalue weighted by Crippen LogP contribution is 2.39. The van der Waals surface area contributed by atoms with Crippen molar-refractivity contribution in [2.45, 2.75) is 26.9 Å². The summed E-state index contributed by atoms with van der Waals surface area (Å²) in [4.78, 5) is 15.1.